The minimum absolute atomic E-state index is 0.0532. The number of aromatic nitrogens is 2. The molecule has 7 nitrogen and oxygen atoms in total. The van der Waals surface area contributed by atoms with Gasteiger partial charge in [-0.05, 0) is 24.6 Å². The lowest BCUT2D eigenvalue weighted by atomic mass is 10.2. The molecule has 21 heavy (non-hydrogen) atoms. The molecule has 0 bridgehead atoms. The van der Waals surface area contributed by atoms with Gasteiger partial charge in [-0.3, -0.25) is 4.79 Å². The van der Waals surface area contributed by atoms with Gasteiger partial charge in [0.15, 0.2) is 0 Å². The molecule has 0 unspecified atom stereocenters. The van der Waals surface area contributed by atoms with Crippen LogP contribution in [0.1, 0.15) is 16.1 Å². The van der Waals surface area contributed by atoms with E-state index in [0.717, 1.165) is 0 Å². The summed E-state index contributed by atoms with van der Waals surface area (Å²) in [6.07, 6.45) is 2.46. The second-order valence-electron chi connectivity index (χ2n) is 4.15. The number of sulfonamides is 1. The molecule has 0 radical (unpaired) electrons. The van der Waals surface area contributed by atoms with Crippen molar-refractivity contribution in [3.63, 3.8) is 0 Å². The van der Waals surface area contributed by atoms with E-state index in [1.807, 2.05) is 0 Å². The van der Waals surface area contributed by atoms with Crippen molar-refractivity contribution in [2.24, 2.45) is 5.14 Å². The number of hydrogen-bond acceptors (Lipinski definition) is 5. The molecule has 2 rings (SSSR count). The highest BCUT2D eigenvalue weighted by Gasteiger charge is 2.16. The van der Waals surface area contributed by atoms with Crippen LogP contribution >= 0.6 is 11.6 Å². The Morgan fingerprint density at radius 3 is 2.57 bits per heavy atom. The van der Waals surface area contributed by atoms with Crippen LogP contribution in [0.3, 0.4) is 0 Å². The summed E-state index contributed by atoms with van der Waals surface area (Å²) < 4.78 is 22.9. The minimum Gasteiger partial charge on any atom is -0.320 e. The standard InChI is InChI=1S/C12H11ClN4O3S/c1-7-8(3-2-4-10(7)21(14,19)20)17-12(18)9-5-16-11(13)6-15-9/h2-6H,1H3,(H,17,18)(H2,14,19,20). The number of primary sulfonamides is 1. The van der Waals surface area contributed by atoms with Crippen molar-refractivity contribution in [1.29, 1.82) is 0 Å². The average Bonchev–Trinajstić information content (AvgIpc) is 2.40. The van der Waals surface area contributed by atoms with Crippen molar-refractivity contribution < 1.29 is 13.2 Å². The Labute approximate surface area is 126 Å². The van der Waals surface area contributed by atoms with E-state index in [1.165, 1.54) is 24.5 Å². The van der Waals surface area contributed by atoms with Gasteiger partial charge in [0.1, 0.15) is 10.8 Å². The van der Waals surface area contributed by atoms with E-state index in [1.54, 1.807) is 13.0 Å². The third-order valence-corrected chi connectivity index (χ3v) is 3.94. The molecule has 9 heteroatoms. The lowest BCUT2D eigenvalue weighted by molar-refractivity contribution is 0.102. The predicted octanol–water partition coefficient (Wildman–Crippen LogP) is 1.34. The van der Waals surface area contributed by atoms with Gasteiger partial charge < -0.3 is 5.32 Å². The first-order valence-corrected chi connectivity index (χ1v) is 7.63. The maximum Gasteiger partial charge on any atom is 0.275 e. The number of carbonyl (C=O) groups is 1. The molecule has 0 aliphatic rings. The molecule has 0 aliphatic carbocycles. The fourth-order valence-corrected chi connectivity index (χ4v) is 2.58. The molecule has 1 amide bonds. The summed E-state index contributed by atoms with van der Waals surface area (Å²) in [5.41, 5.74) is 0.721. The van der Waals surface area contributed by atoms with Crippen LogP contribution in [-0.4, -0.2) is 24.3 Å². The SMILES string of the molecule is Cc1c(NC(=O)c2cnc(Cl)cn2)cccc1S(N)(=O)=O. The zero-order valence-electron chi connectivity index (χ0n) is 10.9. The van der Waals surface area contributed by atoms with Crippen LogP contribution in [-0.2, 0) is 10.0 Å². The van der Waals surface area contributed by atoms with Gasteiger partial charge in [0.05, 0.1) is 17.3 Å². The average molecular weight is 327 g/mol. The van der Waals surface area contributed by atoms with Crippen LogP contribution in [0, 0.1) is 6.92 Å². The van der Waals surface area contributed by atoms with E-state index in [9.17, 15) is 13.2 Å². The molecule has 3 N–H and O–H groups in total. The third kappa shape index (κ3) is 3.54. The number of hydrogen-bond donors (Lipinski definition) is 2. The quantitative estimate of drug-likeness (QED) is 0.883. The van der Waals surface area contributed by atoms with Crippen LogP contribution in [0.25, 0.3) is 0 Å². The summed E-state index contributed by atoms with van der Waals surface area (Å²) >= 11 is 5.59. The number of benzene rings is 1. The first-order chi connectivity index (χ1) is 9.79. The number of anilines is 1. The number of nitrogens with zero attached hydrogens (tertiary/aromatic N) is 2. The first kappa shape index (κ1) is 15.4. The van der Waals surface area contributed by atoms with E-state index >= 15 is 0 Å². The molecule has 1 heterocycles. The van der Waals surface area contributed by atoms with Gasteiger partial charge in [0.25, 0.3) is 5.91 Å². The summed E-state index contributed by atoms with van der Waals surface area (Å²) in [6.45, 7) is 1.54. The second-order valence-corrected chi connectivity index (χ2v) is 6.07. The van der Waals surface area contributed by atoms with E-state index in [-0.39, 0.29) is 15.7 Å². The molecule has 0 fully saturated rings. The lowest BCUT2D eigenvalue weighted by Gasteiger charge is -2.10. The molecule has 0 atom stereocenters. The van der Waals surface area contributed by atoms with Crippen LogP contribution in [0.15, 0.2) is 35.5 Å². The van der Waals surface area contributed by atoms with Crippen molar-refractivity contribution in [2.75, 3.05) is 5.32 Å². The van der Waals surface area contributed by atoms with Crippen molar-refractivity contribution in [3.8, 4) is 0 Å². The summed E-state index contributed by atoms with van der Waals surface area (Å²) in [7, 11) is -3.86. The van der Waals surface area contributed by atoms with Crippen LogP contribution in [0.4, 0.5) is 5.69 Å². The molecule has 0 spiro atoms. The number of rotatable bonds is 3. The van der Waals surface area contributed by atoms with Crippen molar-refractivity contribution in [1.82, 2.24) is 9.97 Å². The number of carbonyl (C=O) groups excluding carboxylic acids is 1. The van der Waals surface area contributed by atoms with Crippen LogP contribution < -0.4 is 10.5 Å². The minimum atomic E-state index is -3.86. The molecular formula is C12H11ClN4O3S. The molecular weight excluding hydrogens is 316 g/mol. The largest absolute Gasteiger partial charge is 0.320 e. The Hall–Kier alpha value is -2.03. The predicted molar refractivity (Wildman–Crippen MR) is 77.5 cm³/mol. The first-order valence-electron chi connectivity index (χ1n) is 5.70. The van der Waals surface area contributed by atoms with Gasteiger partial charge in [-0.15, -0.1) is 0 Å². The Morgan fingerprint density at radius 2 is 2.00 bits per heavy atom. The van der Waals surface area contributed by atoms with Gasteiger partial charge in [0.2, 0.25) is 10.0 Å². The third-order valence-electron chi connectivity index (χ3n) is 2.69. The molecule has 110 valence electrons. The van der Waals surface area contributed by atoms with E-state index in [2.05, 4.69) is 15.3 Å². The summed E-state index contributed by atoms with van der Waals surface area (Å²) in [5.74, 6) is -0.533. The van der Waals surface area contributed by atoms with Gasteiger partial charge >= 0.3 is 0 Å². The maximum absolute atomic E-state index is 12.0. The van der Waals surface area contributed by atoms with Gasteiger partial charge in [-0.25, -0.2) is 23.5 Å². The van der Waals surface area contributed by atoms with Crippen molar-refractivity contribution in [3.05, 3.63) is 47.0 Å². The Kier molecular flexibility index (Phi) is 4.21. The zero-order valence-corrected chi connectivity index (χ0v) is 12.4. The topological polar surface area (TPSA) is 115 Å². The summed E-state index contributed by atoms with van der Waals surface area (Å²) in [6, 6.07) is 4.41. The van der Waals surface area contributed by atoms with Crippen LogP contribution in [0.2, 0.25) is 5.15 Å². The number of nitrogens with two attached hydrogens (primary N) is 1. The Morgan fingerprint density at radius 1 is 1.29 bits per heavy atom. The normalized spacial score (nSPS) is 11.2. The highest BCUT2D eigenvalue weighted by molar-refractivity contribution is 7.89. The van der Waals surface area contributed by atoms with Gasteiger partial charge in [0, 0.05) is 5.69 Å². The number of halogens is 1. The summed E-state index contributed by atoms with van der Waals surface area (Å²) in [5, 5.41) is 7.83. The van der Waals surface area contributed by atoms with Gasteiger partial charge in [-0.1, -0.05) is 17.7 Å². The Bertz CT molecular complexity index is 791. The van der Waals surface area contributed by atoms with E-state index in [4.69, 9.17) is 16.7 Å². The molecule has 1 aromatic heterocycles. The fourth-order valence-electron chi connectivity index (χ4n) is 1.67. The molecule has 1 aromatic carbocycles. The molecule has 0 aliphatic heterocycles. The molecule has 2 aromatic rings. The van der Waals surface area contributed by atoms with Crippen molar-refractivity contribution >= 4 is 33.2 Å². The summed E-state index contributed by atoms with van der Waals surface area (Å²) in [4.78, 5) is 19.5. The number of amides is 1. The highest BCUT2D eigenvalue weighted by atomic mass is 35.5. The Balaban J connectivity index is 2.32. The second kappa shape index (κ2) is 5.76. The van der Waals surface area contributed by atoms with Crippen LogP contribution in [0.5, 0.6) is 0 Å². The van der Waals surface area contributed by atoms with E-state index < -0.39 is 15.9 Å². The monoisotopic (exact) mass is 326 g/mol. The smallest absolute Gasteiger partial charge is 0.275 e. The molecule has 0 saturated heterocycles. The number of nitrogens with one attached hydrogen (secondary N) is 1. The lowest BCUT2D eigenvalue weighted by Crippen LogP contribution is -2.17. The fraction of sp³-hybridized carbons (Fsp3) is 0.0833. The van der Waals surface area contributed by atoms with E-state index in [0.29, 0.717) is 11.3 Å². The van der Waals surface area contributed by atoms with Gasteiger partial charge in [-0.2, -0.15) is 0 Å². The molecule has 0 saturated carbocycles. The maximum atomic E-state index is 12.0. The highest BCUT2D eigenvalue weighted by Crippen LogP contribution is 2.22. The zero-order chi connectivity index (χ0) is 15.6. The van der Waals surface area contributed by atoms with Crippen molar-refractivity contribution in [2.45, 2.75) is 11.8 Å².